The van der Waals surface area contributed by atoms with Crippen LogP contribution in [0.4, 0.5) is 0 Å². The Kier molecular flexibility index (Phi) is 3.75. The Hall–Kier alpha value is -1.79. The number of aromatic nitrogens is 3. The van der Waals surface area contributed by atoms with E-state index in [4.69, 9.17) is 0 Å². The minimum absolute atomic E-state index is 0.585. The van der Waals surface area contributed by atoms with E-state index >= 15 is 0 Å². The molecule has 0 amide bonds. The van der Waals surface area contributed by atoms with Gasteiger partial charge in [0, 0.05) is 17.4 Å². The summed E-state index contributed by atoms with van der Waals surface area (Å²) in [6, 6.07) is 9.61. The number of pyridine rings is 1. The highest BCUT2D eigenvalue weighted by atomic mass is 32.2. The van der Waals surface area contributed by atoms with E-state index in [0.717, 1.165) is 33.8 Å². The number of hydrogen-bond donors (Lipinski definition) is 0. The van der Waals surface area contributed by atoms with Crippen LogP contribution in [0.15, 0.2) is 39.7 Å². The van der Waals surface area contributed by atoms with E-state index in [1.807, 2.05) is 37.3 Å². The zero-order valence-electron chi connectivity index (χ0n) is 10.7. The summed E-state index contributed by atoms with van der Waals surface area (Å²) < 4.78 is 5.05. The molecule has 3 rings (SSSR count). The number of aldehydes is 1. The van der Waals surface area contributed by atoms with Crippen LogP contribution in [0, 0.1) is 0 Å². The quantitative estimate of drug-likeness (QED) is 0.689. The number of benzene rings is 1. The largest absolute Gasteiger partial charge is 0.298 e. The summed E-state index contributed by atoms with van der Waals surface area (Å²) in [7, 11) is 0. The summed E-state index contributed by atoms with van der Waals surface area (Å²) in [4.78, 5) is 20.2. The van der Waals surface area contributed by atoms with Gasteiger partial charge in [0.1, 0.15) is 10.9 Å². The Morgan fingerprint density at radius 2 is 2.15 bits per heavy atom. The lowest BCUT2D eigenvalue weighted by Crippen LogP contribution is -1.91. The van der Waals surface area contributed by atoms with Crippen molar-refractivity contribution in [2.24, 2.45) is 0 Å². The first-order chi connectivity index (χ1) is 9.80. The van der Waals surface area contributed by atoms with Gasteiger partial charge in [-0.1, -0.05) is 25.1 Å². The predicted octanol–water partition coefficient (Wildman–Crippen LogP) is 3.61. The van der Waals surface area contributed by atoms with Gasteiger partial charge in [-0.15, -0.1) is 0 Å². The third-order valence-corrected chi connectivity index (χ3v) is 4.60. The van der Waals surface area contributed by atoms with Crippen LogP contribution in [0.25, 0.3) is 10.9 Å². The number of fused-ring (bicyclic) bond motifs is 1. The molecule has 20 heavy (non-hydrogen) atoms. The van der Waals surface area contributed by atoms with Crippen LogP contribution in [-0.4, -0.2) is 20.6 Å². The van der Waals surface area contributed by atoms with Crippen molar-refractivity contribution in [2.75, 3.05) is 0 Å². The number of aryl methyl sites for hydroxylation is 1. The van der Waals surface area contributed by atoms with Gasteiger partial charge < -0.3 is 0 Å². The maximum absolute atomic E-state index is 11.2. The number of carbonyl (C=O) groups is 1. The first-order valence-electron chi connectivity index (χ1n) is 6.15. The van der Waals surface area contributed by atoms with Crippen LogP contribution in [0.2, 0.25) is 0 Å². The zero-order valence-corrected chi connectivity index (χ0v) is 12.4. The van der Waals surface area contributed by atoms with E-state index in [0.29, 0.717) is 10.6 Å². The normalized spacial score (nSPS) is 10.8. The molecule has 0 spiro atoms. The number of rotatable bonds is 4. The fourth-order valence-corrected chi connectivity index (χ4v) is 3.47. The molecule has 4 nitrogen and oxygen atoms in total. The molecule has 0 aliphatic rings. The lowest BCUT2D eigenvalue weighted by molar-refractivity contribution is 0.112. The maximum atomic E-state index is 11.2. The van der Waals surface area contributed by atoms with Crippen molar-refractivity contribution in [1.82, 2.24) is 14.3 Å². The van der Waals surface area contributed by atoms with Crippen LogP contribution in [0.5, 0.6) is 0 Å². The molecule has 0 N–H and O–H groups in total. The Labute approximate surface area is 124 Å². The van der Waals surface area contributed by atoms with Crippen molar-refractivity contribution in [3.8, 4) is 0 Å². The van der Waals surface area contributed by atoms with Gasteiger partial charge in [0.05, 0.1) is 5.52 Å². The van der Waals surface area contributed by atoms with Gasteiger partial charge in [-0.3, -0.25) is 4.79 Å². The second-order valence-corrected chi connectivity index (χ2v) is 6.11. The molecule has 6 heteroatoms. The van der Waals surface area contributed by atoms with E-state index in [1.165, 1.54) is 23.3 Å². The third kappa shape index (κ3) is 2.57. The number of carbonyl (C=O) groups excluding carboxylic acids is 1. The zero-order chi connectivity index (χ0) is 13.9. The molecule has 100 valence electrons. The van der Waals surface area contributed by atoms with Gasteiger partial charge in [-0.25, -0.2) is 9.97 Å². The van der Waals surface area contributed by atoms with E-state index in [9.17, 15) is 4.79 Å². The number of hydrogen-bond acceptors (Lipinski definition) is 6. The molecule has 0 bridgehead atoms. The Bertz CT molecular complexity index is 770. The molecule has 3 aromatic rings. The van der Waals surface area contributed by atoms with Crippen LogP contribution in [0.3, 0.4) is 0 Å². The van der Waals surface area contributed by atoms with Gasteiger partial charge >= 0.3 is 0 Å². The van der Waals surface area contributed by atoms with Crippen molar-refractivity contribution < 1.29 is 4.79 Å². The Morgan fingerprint density at radius 3 is 2.90 bits per heavy atom. The minimum atomic E-state index is 0.585. The molecule has 1 aromatic carbocycles. The lowest BCUT2D eigenvalue weighted by Gasteiger charge is -2.03. The molecule has 0 saturated heterocycles. The molecule has 0 radical (unpaired) electrons. The number of para-hydroxylation sites is 1. The van der Waals surface area contributed by atoms with Crippen molar-refractivity contribution >= 4 is 40.5 Å². The lowest BCUT2D eigenvalue weighted by atomic mass is 10.2. The molecule has 0 unspecified atom stereocenters. The summed E-state index contributed by atoms with van der Waals surface area (Å²) in [5.41, 5.74) is 1.46. The van der Waals surface area contributed by atoms with E-state index in [2.05, 4.69) is 14.3 Å². The Morgan fingerprint density at radius 1 is 1.30 bits per heavy atom. The monoisotopic (exact) mass is 301 g/mol. The van der Waals surface area contributed by atoms with Gasteiger partial charge in [-0.2, -0.15) is 4.37 Å². The SMILES string of the molecule is CCc1nsc(Sc2nc3ccccc3cc2C=O)n1. The fraction of sp³-hybridized carbons (Fsp3) is 0.143. The molecule has 2 heterocycles. The van der Waals surface area contributed by atoms with Crippen molar-refractivity contribution in [1.29, 1.82) is 0 Å². The smallest absolute Gasteiger partial charge is 0.176 e. The van der Waals surface area contributed by atoms with Gasteiger partial charge in [-0.05, 0) is 35.4 Å². The van der Waals surface area contributed by atoms with Crippen molar-refractivity contribution in [2.45, 2.75) is 22.7 Å². The fourth-order valence-electron chi connectivity index (χ4n) is 1.79. The van der Waals surface area contributed by atoms with Crippen LogP contribution in [-0.2, 0) is 6.42 Å². The molecule has 2 aromatic heterocycles. The van der Waals surface area contributed by atoms with E-state index < -0.39 is 0 Å². The standard InChI is InChI=1S/C14H11N3OS2/c1-2-12-16-14(20-17-12)19-13-10(8-18)7-9-5-3-4-6-11(9)15-13/h3-8H,2H2,1H3. The molecular weight excluding hydrogens is 290 g/mol. The van der Waals surface area contributed by atoms with Crippen LogP contribution in [0.1, 0.15) is 23.1 Å². The van der Waals surface area contributed by atoms with E-state index in [1.54, 1.807) is 0 Å². The third-order valence-electron chi connectivity index (χ3n) is 2.79. The highest BCUT2D eigenvalue weighted by molar-refractivity contribution is 8.01. The van der Waals surface area contributed by atoms with E-state index in [-0.39, 0.29) is 0 Å². The second kappa shape index (κ2) is 5.68. The summed E-state index contributed by atoms with van der Waals surface area (Å²) in [6.45, 7) is 2.02. The summed E-state index contributed by atoms with van der Waals surface area (Å²) in [5, 5.41) is 1.64. The van der Waals surface area contributed by atoms with Crippen molar-refractivity contribution in [3.63, 3.8) is 0 Å². The molecule has 0 fully saturated rings. The van der Waals surface area contributed by atoms with Crippen LogP contribution >= 0.6 is 23.3 Å². The molecular formula is C14H11N3OS2. The summed E-state index contributed by atoms with van der Waals surface area (Å²) >= 11 is 2.73. The number of nitrogens with zero attached hydrogens (tertiary/aromatic N) is 3. The highest BCUT2D eigenvalue weighted by Gasteiger charge is 2.11. The summed E-state index contributed by atoms with van der Waals surface area (Å²) in [6.07, 6.45) is 1.65. The first kappa shape index (κ1) is 13.2. The average molecular weight is 301 g/mol. The topological polar surface area (TPSA) is 55.7 Å². The Balaban J connectivity index is 2.02. The van der Waals surface area contributed by atoms with Gasteiger partial charge in [0.2, 0.25) is 0 Å². The second-order valence-electron chi connectivity index (χ2n) is 4.13. The molecule has 0 saturated carbocycles. The summed E-state index contributed by atoms with van der Waals surface area (Å²) in [5.74, 6) is 0.825. The predicted molar refractivity (Wildman–Crippen MR) is 80.5 cm³/mol. The molecule has 0 atom stereocenters. The van der Waals surface area contributed by atoms with Gasteiger partial charge in [0.15, 0.2) is 10.6 Å². The maximum Gasteiger partial charge on any atom is 0.176 e. The first-order valence-corrected chi connectivity index (χ1v) is 7.74. The minimum Gasteiger partial charge on any atom is -0.298 e. The van der Waals surface area contributed by atoms with Crippen LogP contribution < -0.4 is 0 Å². The van der Waals surface area contributed by atoms with Crippen molar-refractivity contribution in [3.05, 3.63) is 41.7 Å². The highest BCUT2D eigenvalue weighted by Crippen LogP contribution is 2.31. The molecule has 0 aliphatic carbocycles. The average Bonchev–Trinajstić information content (AvgIpc) is 2.94. The van der Waals surface area contributed by atoms with Gasteiger partial charge in [0.25, 0.3) is 0 Å². The molecule has 0 aliphatic heterocycles.